The molecule has 82 valence electrons. The highest BCUT2D eigenvalue weighted by molar-refractivity contribution is 6.03. The molecule has 8 heteroatoms. The molecule has 16 heavy (non-hydrogen) atoms. The second-order valence-electron chi connectivity index (χ2n) is 2.65. The Morgan fingerprint density at radius 1 is 0.875 bits per heavy atom. The average Bonchev–Trinajstić information content (AvgIpc) is 2.26. The molecule has 2 N–H and O–H groups in total. The molecule has 0 saturated carbocycles. The van der Waals surface area contributed by atoms with Gasteiger partial charge < -0.3 is 10.2 Å². The van der Waals surface area contributed by atoms with Crippen molar-refractivity contribution in [3.63, 3.8) is 0 Å². The van der Waals surface area contributed by atoms with Crippen LogP contribution in [0.1, 0.15) is 20.7 Å². The summed E-state index contributed by atoms with van der Waals surface area (Å²) in [6.07, 6.45) is 0. The lowest BCUT2D eigenvalue weighted by atomic mass is 10.1. The van der Waals surface area contributed by atoms with Gasteiger partial charge in [0.2, 0.25) is 0 Å². The minimum Gasteiger partial charge on any atom is -0.478 e. The Morgan fingerprint density at radius 3 is 1.38 bits per heavy atom. The second-order valence-corrected chi connectivity index (χ2v) is 2.65. The largest absolute Gasteiger partial charge is 0.478 e. The summed E-state index contributed by atoms with van der Waals surface area (Å²) in [6.45, 7) is 0. The minimum atomic E-state index is -1.50. The summed E-state index contributed by atoms with van der Waals surface area (Å²) in [6, 6.07) is 1.74. The topological polar surface area (TPSA) is 133 Å². The quantitative estimate of drug-likeness (QED) is 0.749. The Morgan fingerprint density at radius 2 is 1.19 bits per heavy atom. The van der Waals surface area contributed by atoms with Crippen molar-refractivity contribution in [1.82, 2.24) is 0 Å². The van der Waals surface area contributed by atoms with E-state index in [9.17, 15) is 19.4 Å². The predicted molar refractivity (Wildman–Crippen MR) is 51.3 cm³/mol. The molecule has 0 bridgehead atoms. The summed E-state index contributed by atoms with van der Waals surface area (Å²) < 4.78 is 0. The zero-order valence-corrected chi connectivity index (χ0v) is 7.58. The number of benzene rings is 1. The third kappa shape index (κ3) is 1.75. The summed E-state index contributed by atoms with van der Waals surface area (Å²) in [4.78, 5) is 42.0. The lowest BCUT2D eigenvalue weighted by Gasteiger charge is -2.02. The number of rotatable bonds is 4. The zero-order valence-electron chi connectivity index (χ0n) is 7.58. The van der Waals surface area contributed by atoms with Gasteiger partial charge in [0.05, 0.1) is 11.1 Å². The van der Waals surface area contributed by atoms with E-state index in [-0.39, 0.29) is 0 Å². The van der Waals surface area contributed by atoms with Crippen molar-refractivity contribution < 1.29 is 19.8 Å². The first kappa shape index (κ1) is 11.4. The van der Waals surface area contributed by atoms with E-state index in [0.717, 1.165) is 12.1 Å². The van der Waals surface area contributed by atoms with Crippen molar-refractivity contribution in [2.24, 2.45) is 10.4 Å². The molecule has 1 rings (SSSR count). The molecule has 0 spiro atoms. The molecule has 1 aromatic rings. The molecule has 0 aliphatic rings. The molecule has 0 atom stereocenters. The maximum Gasteiger partial charge on any atom is 0.338 e. The number of nitrogens with zero attached hydrogens (tertiary/aromatic N) is 2. The van der Waals surface area contributed by atoms with Crippen LogP contribution < -0.4 is 0 Å². The standard InChI is InChI=1S/C8H4N2O6/c11-7(12)3-1-2-4(8(13)14)6(10-16)5(3)9-15/h1-2H,(H,11,12)(H,13,14). The van der Waals surface area contributed by atoms with E-state index in [1.165, 1.54) is 0 Å². The van der Waals surface area contributed by atoms with Crippen LogP contribution in [0.3, 0.4) is 0 Å². The first-order valence-corrected chi connectivity index (χ1v) is 3.83. The lowest BCUT2D eigenvalue weighted by molar-refractivity contribution is 0.0682. The Labute approximate surface area is 87.5 Å². The van der Waals surface area contributed by atoms with Crippen molar-refractivity contribution in [3.05, 3.63) is 33.1 Å². The minimum absolute atomic E-state index is 0.574. The third-order valence-electron chi connectivity index (χ3n) is 1.79. The number of carboxylic acid groups (broad SMARTS) is 2. The number of aromatic carboxylic acids is 2. The van der Waals surface area contributed by atoms with Gasteiger partial charge in [-0.3, -0.25) is 0 Å². The van der Waals surface area contributed by atoms with E-state index in [1.807, 2.05) is 0 Å². The Hall–Kier alpha value is -2.64. The normalized spacial score (nSPS) is 9.50. The first-order valence-electron chi connectivity index (χ1n) is 3.83. The fourth-order valence-electron chi connectivity index (χ4n) is 1.11. The van der Waals surface area contributed by atoms with Gasteiger partial charge >= 0.3 is 11.9 Å². The van der Waals surface area contributed by atoms with Gasteiger partial charge in [0, 0.05) is 0 Å². The molecule has 0 amide bonds. The lowest BCUT2D eigenvalue weighted by Crippen LogP contribution is -2.02. The van der Waals surface area contributed by atoms with Crippen LogP contribution in [0, 0.1) is 9.81 Å². The molecule has 0 aliphatic heterocycles. The van der Waals surface area contributed by atoms with E-state index in [0.29, 0.717) is 0 Å². The summed E-state index contributed by atoms with van der Waals surface area (Å²) in [5, 5.41) is 21.9. The van der Waals surface area contributed by atoms with Gasteiger partial charge in [0.25, 0.3) is 0 Å². The Kier molecular flexibility index (Phi) is 3.04. The number of carbonyl (C=O) groups is 2. The summed E-state index contributed by atoms with van der Waals surface area (Å²) in [5.41, 5.74) is -2.73. The van der Waals surface area contributed by atoms with Crippen molar-refractivity contribution in [2.45, 2.75) is 0 Å². The summed E-state index contributed by atoms with van der Waals surface area (Å²) in [7, 11) is 0. The molecular formula is C8H4N2O6. The first-order chi connectivity index (χ1) is 7.52. The van der Waals surface area contributed by atoms with Crippen molar-refractivity contribution in [2.75, 3.05) is 0 Å². The number of nitroso groups, excluding NO2 is 2. The van der Waals surface area contributed by atoms with E-state index in [1.54, 1.807) is 0 Å². The smallest absolute Gasteiger partial charge is 0.338 e. The molecule has 0 saturated heterocycles. The molecule has 8 nitrogen and oxygen atoms in total. The fourth-order valence-corrected chi connectivity index (χ4v) is 1.11. The van der Waals surface area contributed by atoms with Crippen LogP contribution in [0.2, 0.25) is 0 Å². The van der Waals surface area contributed by atoms with Crippen molar-refractivity contribution in [1.29, 1.82) is 0 Å². The van der Waals surface area contributed by atoms with E-state index in [2.05, 4.69) is 10.4 Å². The predicted octanol–water partition coefficient (Wildman–Crippen LogP) is 1.88. The molecule has 0 radical (unpaired) electrons. The van der Waals surface area contributed by atoms with Crippen LogP contribution in [0.4, 0.5) is 11.4 Å². The van der Waals surface area contributed by atoms with E-state index < -0.39 is 34.4 Å². The fraction of sp³-hybridized carbons (Fsp3) is 0. The van der Waals surface area contributed by atoms with Crippen LogP contribution >= 0.6 is 0 Å². The highest BCUT2D eigenvalue weighted by atomic mass is 16.4. The average molecular weight is 224 g/mol. The summed E-state index contributed by atoms with van der Waals surface area (Å²) >= 11 is 0. The molecule has 0 aromatic heterocycles. The van der Waals surface area contributed by atoms with Crippen LogP contribution in [0.15, 0.2) is 22.5 Å². The van der Waals surface area contributed by atoms with Crippen LogP contribution in [-0.2, 0) is 0 Å². The number of hydrogen-bond donors (Lipinski definition) is 2. The molecule has 0 heterocycles. The van der Waals surface area contributed by atoms with E-state index in [4.69, 9.17) is 10.2 Å². The van der Waals surface area contributed by atoms with Gasteiger partial charge in [-0.05, 0) is 22.5 Å². The van der Waals surface area contributed by atoms with Crippen molar-refractivity contribution >= 4 is 23.3 Å². The second kappa shape index (κ2) is 4.26. The molecular weight excluding hydrogens is 220 g/mol. The number of hydrogen-bond acceptors (Lipinski definition) is 6. The van der Waals surface area contributed by atoms with Crippen molar-refractivity contribution in [3.8, 4) is 0 Å². The van der Waals surface area contributed by atoms with Crippen LogP contribution in [-0.4, -0.2) is 22.2 Å². The number of carboxylic acids is 2. The van der Waals surface area contributed by atoms with Gasteiger partial charge in [-0.15, -0.1) is 9.81 Å². The maximum absolute atomic E-state index is 10.6. The molecule has 1 aromatic carbocycles. The Balaban J connectivity index is 3.65. The van der Waals surface area contributed by atoms with E-state index >= 15 is 0 Å². The summed E-state index contributed by atoms with van der Waals surface area (Å²) in [5.74, 6) is -3.01. The highest BCUT2D eigenvalue weighted by Crippen LogP contribution is 2.35. The zero-order chi connectivity index (χ0) is 12.3. The van der Waals surface area contributed by atoms with Gasteiger partial charge in [0.15, 0.2) is 11.4 Å². The molecule has 0 fully saturated rings. The van der Waals surface area contributed by atoms with Gasteiger partial charge in [-0.1, -0.05) is 0 Å². The van der Waals surface area contributed by atoms with Gasteiger partial charge in [-0.25, -0.2) is 9.59 Å². The van der Waals surface area contributed by atoms with Crippen LogP contribution in [0.25, 0.3) is 0 Å². The SMILES string of the molecule is O=Nc1c(C(=O)O)ccc(C(=O)O)c1N=O. The Bertz CT molecular complexity index is 451. The molecule has 0 aliphatic carbocycles. The molecule has 0 unspecified atom stereocenters. The third-order valence-corrected chi connectivity index (χ3v) is 1.79. The van der Waals surface area contributed by atoms with Gasteiger partial charge in [-0.2, -0.15) is 0 Å². The van der Waals surface area contributed by atoms with Crippen LogP contribution in [0.5, 0.6) is 0 Å². The van der Waals surface area contributed by atoms with Gasteiger partial charge in [0.1, 0.15) is 0 Å². The highest BCUT2D eigenvalue weighted by Gasteiger charge is 2.22. The monoisotopic (exact) mass is 224 g/mol. The maximum atomic E-state index is 10.6.